The summed E-state index contributed by atoms with van der Waals surface area (Å²) in [6.45, 7) is 2.74. The van der Waals surface area contributed by atoms with Crippen LogP contribution in [0.3, 0.4) is 0 Å². The summed E-state index contributed by atoms with van der Waals surface area (Å²) < 4.78 is 6.01. The molecule has 2 aromatic heterocycles. The van der Waals surface area contributed by atoms with E-state index in [-0.39, 0.29) is 0 Å². The number of nitrogen functional groups attached to an aromatic ring is 1. The van der Waals surface area contributed by atoms with E-state index in [2.05, 4.69) is 16.9 Å². The topological polar surface area (TPSA) is 61.0 Å². The average molecular weight is 291 g/mol. The molecule has 2 N–H and O–H groups in total. The molecule has 0 radical (unpaired) electrons. The van der Waals surface area contributed by atoms with Crippen molar-refractivity contribution in [2.24, 2.45) is 5.92 Å². The average Bonchev–Trinajstić information content (AvgIpc) is 2.94. The summed E-state index contributed by atoms with van der Waals surface area (Å²) >= 11 is 1.59. The zero-order valence-corrected chi connectivity index (χ0v) is 12.7. The highest BCUT2D eigenvalue weighted by molar-refractivity contribution is 7.16. The Bertz CT molecular complexity index is 584. The minimum atomic E-state index is 0.359. The number of thiophene rings is 1. The summed E-state index contributed by atoms with van der Waals surface area (Å²) in [7, 11) is 0. The van der Waals surface area contributed by atoms with E-state index in [4.69, 9.17) is 10.5 Å². The molecule has 4 nitrogen and oxygen atoms in total. The zero-order valence-electron chi connectivity index (χ0n) is 11.8. The Balaban J connectivity index is 1.64. The van der Waals surface area contributed by atoms with Gasteiger partial charge in [-0.25, -0.2) is 9.97 Å². The van der Waals surface area contributed by atoms with E-state index in [0.29, 0.717) is 24.4 Å². The smallest absolute Gasteiger partial charge is 0.158 e. The molecule has 2 heterocycles. The van der Waals surface area contributed by atoms with Gasteiger partial charge in [0.15, 0.2) is 5.82 Å². The molecular formula is C15H21N3OS. The predicted octanol–water partition coefficient (Wildman–Crippen LogP) is 3.76. The Labute approximate surface area is 123 Å². The van der Waals surface area contributed by atoms with Gasteiger partial charge in [0, 0.05) is 0 Å². The first-order valence-corrected chi connectivity index (χ1v) is 8.25. The summed E-state index contributed by atoms with van der Waals surface area (Å²) in [5.74, 6) is 2.08. The standard InChI is InChI=1S/C15H21N3OS/c1-2-10-4-3-5-11(8-10)19-9-13-17-14(16)12-6-7-20-15(12)18-13/h6-7,10-11H,2-5,8-9H2,1H3,(H2,16,17,18). The number of nitrogens with zero attached hydrogens (tertiary/aromatic N) is 2. The summed E-state index contributed by atoms with van der Waals surface area (Å²) in [6, 6.07) is 1.97. The molecule has 1 saturated carbocycles. The molecule has 1 aliphatic rings. The van der Waals surface area contributed by atoms with E-state index in [1.165, 1.54) is 25.7 Å². The first kappa shape index (κ1) is 13.8. The molecule has 2 atom stereocenters. The number of fused-ring (bicyclic) bond motifs is 1. The highest BCUT2D eigenvalue weighted by atomic mass is 32.1. The van der Waals surface area contributed by atoms with Crippen LogP contribution in [-0.2, 0) is 11.3 Å². The Morgan fingerprint density at radius 1 is 1.40 bits per heavy atom. The Morgan fingerprint density at radius 2 is 2.30 bits per heavy atom. The molecule has 0 aliphatic heterocycles. The van der Waals surface area contributed by atoms with Crippen molar-refractivity contribution in [2.75, 3.05) is 5.73 Å². The maximum absolute atomic E-state index is 6.01. The Hall–Kier alpha value is -1.20. The first-order valence-electron chi connectivity index (χ1n) is 7.37. The highest BCUT2D eigenvalue weighted by Gasteiger charge is 2.21. The molecule has 1 aliphatic carbocycles. The van der Waals surface area contributed by atoms with Gasteiger partial charge in [0.2, 0.25) is 0 Å². The van der Waals surface area contributed by atoms with Crippen LogP contribution in [0, 0.1) is 5.92 Å². The van der Waals surface area contributed by atoms with Gasteiger partial charge in [-0.2, -0.15) is 0 Å². The molecule has 1 fully saturated rings. The highest BCUT2D eigenvalue weighted by Crippen LogP contribution is 2.29. The van der Waals surface area contributed by atoms with Crippen LogP contribution in [0.15, 0.2) is 11.4 Å². The van der Waals surface area contributed by atoms with Gasteiger partial charge in [-0.05, 0) is 30.2 Å². The van der Waals surface area contributed by atoms with Gasteiger partial charge in [-0.15, -0.1) is 11.3 Å². The van der Waals surface area contributed by atoms with Crippen LogP contribution >= 0.6 is 11.3 Å². The van der Waals surface area contributed by atoms with Crippen molar-refractivity contribution >= 4 is 27.4 Å². The molecule has 3 rings (SSSR count). The third-order valence-electron chi connectivity index (χ3n) is 4.16. The fourth-order valence-corrected chi connectivity index (χ4v) is 3.74. The molecule has 0 spiro atoms. The lowest BCUT2D eigenvalue weighted by Crippen LogP contribution is -2.22. The monoisotopic (exact) mass is 291 g/mol. The maximum atomic E-state index is 6.01. The van der Waals surface area contributed by atoms with Crippen molar-refractivity contribution < 1.29 is 4.74 Å². The molecular weight excluding hydrogens is 270 g/mol. The van der Waals surface area contributed by atoms with E-state index in [9.17, 15) is 0 Å². The fourth-order valence-electron chi connectivity index (χ4n) is 2.95. The predicted molar refractivity (Wildman–Crippen MR) is 82.7 cm³/mol. The largest absolute Gasteiger partial charge is 0.383 e. The maximum Gasteiger partial charge on any atom is 0.158 e. The number of hydrogen-bond donors (Lipinski definition) is 1. The van der Waals surface area contributed by atoms with E-state index in [0.717, 1.165) is 22.6 Å². The molecule has 108 valence electrons. The van der Waals surface area contributed by atoms with Gasteiger partial charge in [0.1, 0.15) is 17.3 Å². The van der Waals surface area contributed by atoms with Crippen LogP contribution in [0.1, 0.15) is 44.9 Å². The number of hydrogen-bond acceptors (Lipinski definition) is 5. The second kappa shape index (κ2) is 6.06. The molecule has 2 unspecified atom stereocenters. The Morgan fingerprint density at radius 3 is 3.15 bits per heavy atom. The minimum absolute atomic E-state index is 0.359. The van der Waals surface area contributed by atoms with Crippen LogP contribution in [0.25, 0.3) is 10.2 Å². The van der Waals surface area contributed by atoms with Crippen molar-refractivity contribution in [3.8, 4) is 0 Å². The van der Waals surface area contributed by atoms with E-state index in [1.54, 1.807) is 11.3 Å². The normalized spacial score (nSPS) is 23.2. The molecule has 2 aromatic rings. The van der Waals surface area contributed by atoms with Crippen LogP contribution in [0.2, 0.25) is 0 Å². The fraction of sp³-hybridized carbons (Fsp3) is 0.600. The van der Waals surface area contributed by atoms with Gasteiger partial charge >= 0.3 is 0 Å². The lowest BCUT2D eigenvalue weighted by molar-refractivity contribution is -0.00103. The van der Waals surface area contributed by atoms with Gasteiger partial charge in [0.25, 0.3) is 0 Å². The molecule has 0 saturated heterocycles. The van der Waals surface area contributed by atoms with Crippen LogP contribution < -0.4 is 5.73 Å². The summed E-state index contributed by atoms with van der Waals surface area (Å²) in [5, 5.41) is 2.94. The van der Waals surface area contributed by atoms with E-state index < -0.39 is 0 Å². The van der Waals surface area contributed by atoms with Crippen molar-refractivity contribution in [3.63, 3.8) is 0 Å². The number of nitrogens with two attached hydrogens (primary N) is 1. The molecule has 0 aromatic carbocycles. The quantitative estimate of drug-likeness (QED) is 0.931. The molecule has 0 amide bonds. The van der Waals surface area contributed by atoms with Crippen LogP contribution in [-0.4, -0.2) is 16.1 Å². The lowest BCUT2D eigenvalue weighted by Gasteiger charge is -2.28. The van der Waals surface area contributed by atoms with E-state index >= 15 is 0 Å². The number of ether oxygens (including phenoxy) is 1. The lowest BCUT2D eigenvalue weighted by atomic mass is 9.85. The number of aromatic nitrogens is 2. The Kier molecular flexibility index (Phi) is 4.17. The van der Waals surface area contributed by atoms with Gasteiger partial charge in [-0.3, -0.25) is 0 Å². The van der Waals surface area contributed by atoms with E-state index in [1.807, 2.05) is 11.4 Å². The van der Waals surface area contributed by atoms with Gasteiger partial charge in [0.05, 0.1) is 11.5 Å². The van der Waals surface area contributed by atoms with Crippen molar-refractivity contribution in [2.45, 2.75) is 51.7 Å². The third kappa shape index (κ3) is 2.94. The molecule has 0 bridgehead atoms. The third-order valence-corrected chi connectivity index (χ3v) is 4.97. The summed E-state index contributed by atoms with van der Waals surface area (Å²) in [5.41, 5.74) is 5.95. The second-order valence-corrected chi connectivity index (χ2v) is 6.43. The minimum Gasteiger partial charge on any atom is -0.383 e. The molecule has 5 heteroatoms. The van der Waals surface area contributed by atoms with Crippen molar-refractivity contribution in [1.82, 2.24) is 9.97 Å². The number of rotatable bonds is 4. The second-order valence-electron chi connectivity index (χ2n) is 5.54. The summed E-state index contributed by atoms with van der Waals surface area (Å²) in [6.07, 6.45) is 6.57. The van der Waals surface area contributed by atoms with Crippen molar-refractivity contribution in [1.29, 1.82) is 0 Å². The van der Waals surface area contributed by atoms with Crippen LogP contribution in [0.4, 0.5) is 5.82 Å². The van der Waals surface area contributed by atoms with Crippen molar-refractivity contribution in [3.05, 3.63) is 17.3 Å². The number of anilines is 1. The summed E-state index contributed by atoms with van der Waals surface area (Å²) in [4.78, 5) is 9.82. The van der Waals surface area contributed by atoms with Crippen LogP contribution in [0.5, 0.6) is 0 Å². The molecule has 20 heavy (non-hydrogen) atoms. The van der Waals surface area contributed by atoms with Gasteiger partial charge < -0.3 is 10.5 Å². The zero-order chi connectivity index (χ0) is 13.9. The SMILES string of the molecule is CCC1CCCC(OCc2nc(N)c3ccsc3n2)C1. The first-order chi connectivity index (χ1) is 9.76. The van der Waals surface area contributed by atoms with Gasteiger partial charge in [-0.1, -0.05) is 26.2 Å².